The van der Waals surface area contributed by atoms with Crippen molar-refractivity contribution >= 4 is 13.7 Å². The first-order chi connectivity index (χ1) is 32.0. The van der Waals surface area contributed by atoms with E-state index in [4.69, 9.17) is 9.05 Å². The predicted octanol–water partition coefficient (Wildman–Crippen LogP) is 16.3. The molecular weight excluding hydrogens is 840 g/mol. The van der Waals surface area contributed by atoms with Crippen molar-refractivity contribution in [2.45, 2.75) is 244 Å². The number of phosphoric acid groups is 1. The minimum atomic E-state index is -4.35. The number of amides is 1. The molecule has 0 fully saturated rings. The molecule has 0 aromatic heterocycles. The van der Waals surface area contributed by atoms with Crippen molar-refractivity contribution in [3.8, 4) is 0 Å². The molecule has 0 aliphatic heterocycles. The van der Waals surface area contributed by atoms with Crippen molar-refractivity contribution in [2.75, 3.05) is 40.9 Å². The molecular formula is C57H106N2O6P+. The van der Waals surface area contributed by atoms with Gasteiger partial charge in [0.05, 0.1) is 39.9 Å². The maximum Gasteiger partial charge on any atom is 0.472 e. The van der Waals surface area contributed by atoms with Gasteiger partial charge in [0.1, 0.15) is 13.2 Å². The highest BCUT2D eigenvalue weighted by atomic mass is 31.2. The van der Waals surface area contributed by atoms with Gasteiger partial charge in [-0.15, -0.1) is 0 Å². The number of unbranched alkanes of at least 4 members (excludes halogenated alkanes) is 26. The first-order valence-corrected chi connectivity index (χ1v) is 28.8. The second-order valence-electron chi connectivity index (χ2n) is 19.6. The van der Waals surface area contributed by atoms with Crippen molar-refractivity contribution in [1.82, 2.24) is 5.32 Å². The average Bonchev–Trinajstić information content (AvgIpc) is 3.28. The number of allylic oxidation sites excluding steroid dienone is 11. The Kier molecular flexibility index (Phi) is 46.5. The summed E-state index contributed by atoms with van der Waals surface area (Å²) in [5.74, 6) is -0.185. The zero-order valence-corrected chi connectivity index (χ0v) is 44.6. The van der Waals surface area contributed by atoms with Crippen LogP contribution in [0.3, 0.4) is 0 Å². The quantitative estimate of drug-likeness (QED) is 0.0243. The van der Waals surface area contributed by atoms with E-state index in [0.717, 1.165) is 77.0 Å². The summed E-state index contributed by atoms with van der Waals surface area (Å²) in [6.07, 6.45) is 65.5. The topological polar surface area (TPSA) is 105 Å². The van der Waals surface area contributed by atoms with E-state index >= 15 is 0 Å². The summed E-state index contributed by atoms with van der Waals surface area (Å²) < 4.78 is 23.7. The number of carbonyl (C=O) groups excluding carboxylic acids is 1. The highest BCUT2D eigenvalue weighted by molar-refractivity contribution is 7.47. The van der Waals surface area contributed by atoms with E-state index in [2.05, 4.69) is 79.9 Å². The number of phosphoric ester groups is 1. The molecule has 0 bridgehead atoms. The van der Waals surface area contributed by atoms with Crippen LogP contribution >= 0.6 is 7.82 Å². The Labute approximate surface area is 408 Å². The van der Waals surface area contributed by atoms with Gasteiger partial charge in [-0.3, -0.25) is 13.8 Å². The average molecular weight is 946 g/mol. The fourth-order valence-corrected chi connectivity index (χ4v) is 8.39. The summed E-state index contributed by atoms with van der Waals surface area (Å²) in [5.41, 5.74) is 0. The largest absolute Gasteiger partial charge is 0.472 e. The van der Waals surface area contributed by atoms with Gasteiger partial charge in [-0.05, 0) is 64.2 Å². The van der Waals surface area contributed by atoms with Crippen LogP contribution in [0.1, 0.15) is 232 Å². The van der Waals surface area contributed by atoms with Crippen molar-refractivity contribution in [1.29, 1.82) is 0 Å². The third kappa shape index (κ3) is 49.8. The fraction of sp³-hybridized carbons (Fsp3) is 0.772. The van der Waals surface area contributed by atoms with Crippen LogP contribution in [0.15, 0.2) is 72.9 Å². The van der Waals surface area contributed by atoms with Crippen LogP contribution in [0.25, 0.3) is 0 Å². The van der Waals surface area contributed by atoms with E-state index in [1.165, 1.54) is 135 Å². The lowest BCUT2D eigenvalue weighted by molar-refractivity contribution is -0.870. The Morgan fingerprint density at radius 2 is 0.909 bits per heavy atom. The van der Waals surface area contributed by atoms with Gasteiger partial charge in [0.25, 0.3) is 0 Å². The Morgan fingerprint density at radius 1 is 0.530 bits per heavy atom. The first-order valence-electron chi connectivity index (χ1n) is 27.3. The van der Waals surface area contributed by atoms with E-state index in [-0.39, 0.29) is 19.1 Å². The Balaban J connectivity index is 4.28. The van der Waals surface area contributed by atoms with Crippen LogP contribution in [-0.4, -0.2) is 73.4 Å². The molecule has 0 heterocycles. The Hall–Kier alpha value is -2.06. The summed E-state index contributed by atoms with van der Waals surface area (Å²) >= 11 is 0. The fourth-order valence-electron chi connectivity index (χ4n) is 7.66. The zero-order chi connectivity index (χ0) is 48.5. The summed E-state index contributed by atoms with van der Waals surface area (Å²) in [6, 6.07) is -0.854. The molecule has 0 rings (SSSR count). The molecule has 0 aliphatic carbocycles. The number of nitrogens with zero attached hydrogens (tertiary/aromatic N) is 1. The van der Waals surface area contributed by atoms with E-state index in [1.54, 1.807) is 6.08 Å². The number of carbonyl (C=O) groups is 1. The zero-order valence-electron chi connectivity index (χ0n) is 43.7. The normalized spacial score (nSPS) is 14.6. The Bertz CT molecular complexity index is 1300. The molecule has 0 spiro atoms. The van der Waals surface area contributed by atoms with Crippen molar-refractivity contribution < 1.29 is 32.9 Å². The molecule has 9 heteroatoms. The monoisotopic (exact) mass is 946 g/mol. The van der Waals surface area contributed by atoms with Crippen molar-refractivity contribution in [3.63, 3.8) is 0 Å². The molecule has 0 aromatic carbocycles. The van der Waals surface area contributed by atoms with Gasteiger partial charge in [-0.1, -0.05) is 234 Å². The minimum absolute atomic E-state index is 0.0575. The third-order valence-electron chi connectivity index (χ3n) is 11.9. The van der Waals surface area contributed by atoms with E-state index in [9.17, 15) is 19.4 Å². The standard InChI is InChI=1S/C57H105N2O6P/c1-6-8-10-12-14-16-18-20-22-24-26-27-28-29-30-31-33-35-37-39-41-43-45-47-49-51-57(61)58-55(54-65-66(62,63)64-53-52-59(3,4)5)56(60)50-48-46-44-42-40-38-36-34-32-25-23-21-19-17-15-13-11-9-7-2/h8,10,14,16,20,22,26-27,29-30,48,50,55-56,60H,6-7,9,11-13,15,17-19,21,23-25,28,31-47,49,51-54H2,1-5H3,(H-,58,61,62,63)/p+1/b10-8-,16-14-,22-20-,27-26-,30-29-,50-48+. The number of aliphatic hydroxyl groups is 1. The molecule has 384 valence electrons. The number of quaternary nitrogens is 1. The molecule has 0 aliphatic rings. The van der Waals surface area contributed by atoms with Crippen molar-refractivity contribution in [2.24, 2.45) is 0 Å². The van der Waals surface area contributed by atoms with Crippen LogP contribution in [0.5, 0.6) is 0 Å². The summed E-state index contributed by atoms with van der Waals surface area (Å²) in [6.45, 7) is 4.71. The second-order valence-corrected chi connectivity index (χ2v) is 21.0. The number of hydrogen-bond donors (Lipinski definition) is 3. The van der Waals surface area contributed by atoms with E-state index in [0.29, 0.717) is 17.4 Å². The number of aliphatic hydroxyl groups excluding tert-OH is 1. The van der Waals surface area contributed by atoms with Crippen LogP contribution < -0.4 is 5.32 Å². The maximum atomic E-state index is 13.0. The molecule has 0 radical (unpaired) electrons. The third-order valence-corrected chi connectivity index (χ3v) is 12.9. The number of likely N-dealkylation sites (N-methyl/N-ethyl adjacent to an activating group) is 1. The molecule has 66 heavy (non-hydrogen) atoms. The van der Waals surface area contributed by atoms with Crippen LogP contribution in [0, 0.1) is 0 Å². The van der Waals surface area contributed by atoms with Gasteiger partial charge in [0, 0.05) is 6.42 Å². The minimum Gasteiger partial charge on any atom is -0.387 e. The lowest BCUT2D eigenvalue weighted by Crippen LogP contribution is -2.45. The molecule has 1 amide bonds. The molecule has 0 aromatic rings. The first kappa shape index (κ1) is 63.9. The summed E-state index contributed by atoms with van der Waals surface area (Å²) in [5, 5.41) is 13.9. The molecule has 3 N–H and O–H groups in total. The Morgan fingerprint density at radius 3 is 1.33 bits per heavy atom. The van der Waals surface area contributed by atoms with Gasteiger partial charge in [0.2, 0.25) is 5.91 Å². The SMILES string of the molecule is CC/C=C\C/C=C\C/C=C\C/C=C\C/C=C\CCCCCCCCCCCC(=O)NC(COP(=O)(O)OCC[N+](C)(C)C)C(O)/C=C/CCCCCCCCCCCCCCCCCCC. The predicted molar refractivity (Wildman–Crippen MR) is 286 cm³/mol. The van der Waals surface area contributed by atoms with Crippen LogP contribution in [0.4, 0.5) is 0 Å². The highest BCUT2D eigenvalue weighted by Gasteiger charge is 2.27. The van der Waals surface area contributed by atoms with Crippen LogP contribution in [-0.2, 0) is 18.4 Å². The maximum absolute atomic E-state index is 13.0. The van der Waals surface area contributed by atoms with Gasteiger partial charge < -0.3 is 19.8 Å². The molecule has 3 unspecified atom stereocenters. The number of rotatable bonds is 49. The summed E-state index contributed by atoms with van der Waals surface area (Å²) in [4.78, 5) is 23.3. The summed E-state index contributed by atoms with van der Waals surface area (Å²) in [7, 11) is 1.56. The lowest BCUT2D eigenvalue weighted by Gasteiger charge is -2.25. The molecule has 8 nitrogen and oxygen atoms in total. The van der Waals surface area contributed by atoms with E-state index in [1.807, 2.05) is 27.2 Å². The smallest absolute Gasteiger partial charge is 0.387 e. The van der Waals surface area contributed by atoms with Gasteiger partial charge in [-0.25, -0.2) is 4.57 Å². The number of hydrogen-bond acceptors (Lipinski definition) is 5. The highest BCUT2D eigenvalue weighted by Crippen LogP contribution is 2.43. The molecule has 0 saturated carbocycles. The van der Waals surface area contributed by atoms with Gasteiger partial charge in [-0.2, -0.15) is 0 Å². The molecule has 3 atom stereocenters. The second kappa shape index (κ2) is 48.0. The van der Waals surface area contributed by atoms with E-state index < -0.39 is 20.0 Å². The molecule has 0 saturated heterocycles. The lowest BCUT2D eigenvalue weighted by atomic mass is 10.0. The van der Waals surface area contributed by atoms with Crippen LogP contribution in [0.2, 0.25) is 0 Å². The van der Waals surface area contributed by atoms with Gasteiger partial charge in [0.15, 0.2) is 0 Å². The van der Waals surface area contributed by atoms with Crippen molar-refractivity contribution in [3.05, 3.63) is 72.9 Å². The van der Waals surface area contributed by atoms with Gasteiger partial charge >= 0.3 is 7.82 Å². The number of nitrogens with one attached hydrogen (secondary N) is 1.